The number of benzene rings is 3. The van der Waals surface area contributed by atoms with Crippen molar-refractivity contribution in [3.8, 4) is 45.0 Å². The minimum Gasteiger partial charge on any atom is -0.352 e. The van der Waals surface area contributed by atoms with Crippen LogP contribution in [-0.2, 0) is 58.2 Å². The number of aromatic nitrogens is 4. The fourth-order valence-electron chi connectivity index (χ4n) is 3.94. The molecule has 0 bridgehead atoms. The summed E-state index contributed by atoms with van der Waals surface area (Å²) in [6, 6.07) is 43.2. The molecule has 5 radical (unpaired) electrons. The molecule has 0 amide bonds. The van der Waals surface area contributed by atoms with Crippen LogP contribution in [0.3, 0.4) is 0 Å². The van der Waals surface area contributed by atoms with Gasteiger partial charge in [-0.1, -0.05) is 62.9 Å². The van der Waals surface area contributed by atoms with Gasteiger partial charge in [0.2, 0.25) is 0 Å². The summed E-state index contributed by atoms with van der Waals surface area (Å²) in [4.78, 5) is 17.7. The van der Waals surface area contributed by atoms with E-state index in [0.717, 1.165) is 50.7 Å². The summed E-state index contributed by atoms with van der Waals surface area (Å²) < 4.78 is 0. The van der Waals surface area contributed by atoms with Gasteiger partial charge in [0.25, 0.3) is 0 Å². The molecule has 3 aromatic heterocycles. The number of hydrogen-bond acceptors (Lipinski definition) is 4. The Bertz CT molecular complexity index is 1660. The van der Waals surface area contributed by atoms with E-state index in [1.54, 1.807) is 6.20 Å². The van der Waals surface area contributed by atoms with Crippen molar-refractivity contribution in [3.05, 3.63) is 146 Å². The summed E-state index contributed by atoms with van der Waals surface area (Å²) in [5.74, 6) is 0.744. The molecule has 0 saturated heterocycles. The minimum atomic E-state index is 0. The Hall–Kier alpha value is -3.14. The molecule has 7 heteroatoms. The molecule has 0 fully saturated rings. The Morgan fingerprint density at radius 3 is 2.05 bits per heavy atom. The molecular formula is C36H28BIrN4Y-4. The van der Waals surface area contributed by atoms with E-state index in [-0.39, 0.29) is 66.6 Å². The van der Waals surface area contributed by atoms with E-state index in [1.807, 2.05) is 109 Å². The van der Waals surface area contributed by atoms with Crippen LogP contribution in [0.5, 0.6) is 0 Å². The summed E-state index contributed by atoms with van der Waals surface area (Å²) in [5.41, 5.74) is 7.56. The van der Waals surface area contributed by atoms with Gasteiger partial charge in [0.05, 0.1) is 5.82 Å². The van der Waals surface area contributed by atoms with Crippen LogP contribution in [0.2, 0.25) is 0 Å². The fraction of sp³-hybridized carbons (Fsp3) is 0.111. The standard InChI is InChI=1S/C22H13N2.C14H15N2.B.Ir.Y/c1-2-7-17(8-3-1)22-13-12-20(16-24-22)18-9-6-10-19(15-18)21-11-4-5-14-23-21;1-14(2,3)12-9-10-15-13(16-12)11-7-5-4-6-8-11;;;/h1-9,11-14H;4-7,9-10H,1-3H3;;;/q-3;-1;;;. The van der Waals surface area contributed by atoms with Gasteiger partial charge in [0, 0.05) is 84.7 Å². The molecule has 0 aliphatic carbocycles. The molecule has 0 N–H and O–H groups in total. The topological polar surface area (TPSA) is 51.6 Å². The molecule has 0 saturated carbocycles. The van der Waals surface area contributed by atoms with Gasteiger partial charge in [-0.05, 0) is 29.6 Å². The number of rotatable bonds is 4. The fourth-order valence-corrected chi connectivity index (χ4v) is 3.94. The average Bonchev–Trinajstić information content (AvgIpc) is 3.02. The third-order valence-electron chi connectivity index (χ3n) is 6.10. The van der Waals surface area contributed by atoms with E-state index in [0.29, 0.717) is 0 Å². The molecule has 0 spiro atoms. The maximum Gasteiger partial charge on any atom is 0.0751 e. The Morgan fingerprint density at radius 1 is 0.628 bits per heavy atom. The minimum absolute atomic E-state index is 0. The molecule has 211 valence electrons. The Morgan fingerprint density at radius 2 is 1.40 bits per heavy atom. The molecule has 0 unspecified atom stereocenters. The van der Waals surface area contributed by atoms with Crippen molar-refractivity contribution in [2.75, 3.05) is 0 Å². The van der Waals surface area contributed by atoms with Gasteiger partial charge in [-0.2, -0.15) is 5.56 Å². The van der Waals surface area contributed by atoms with Gasteiger partial charge in [-0.15, -0.1) is 54.1 Å². The molecule has 43 heavy (non-hydrogen) atoms. The molecule has 4 nitrogen and oxygen atoms in total. The molecule has 6 rings (SSSR count). The normalized spacial score (nSPS) is 10.1. The Labute approximate surface area is 295 Å². The first-order chi connectivity index (χ1) is 19.5. The predicted molar refractivity (Wildman–Crippen MR) is 166 cm³/mol. The van der Waals surface area contributed by atoms with Gasteiger partial charge in [-0.25, -0.2) is 6.07 Å². The van der Waals surface area contributed by atoms with E-state index in [4.69, 9.17) is 0 Å². The largest absolute Gasteiger partial charge is 0.352 e. The molecule has 0 aliphatic heterocycles. The van der Waals surface area contributed by atoms with E-state index < -0.39 is 0 Å². The van der Waals surface area contributed by atoms with Crippen LogP contribution in [0.15, 0.2) is 116 Å². The average molecular weight is 809 g/mol. The van der Waals surface area contributed by atoms with Crippen LogP contribution in [0.25, 0.3) is 45.0 Å². The second-order valence-corrected chi connectivity index (χ2v) is 10.1. The van der Waals surface area contributed by atoms with Gasteiger partial charge in [0.15, 0.2) is 0 Å². The van der Waals surface area contributed by atoms with Crippen molar-refractivity contribution >= 4 is 8.41 Å². The number of pyridine rings is 2. The summed E-state index contributed by atoms with van der Waals surface area (Å²) in [6.45, 7) is 6.44. The van der Waals surface area contributed by atoms with Crippen LogP contribution in [0.1, 0.15) is 26.5 Å². The van der Waals surface area contributed by atoms with Crippen LogP contribution in [0, 0.1) is 24.4 Å². The third-order valence-corrected chi connectivity index (χ3v) is 6.10. The van der Waals surface area contributed by atoms with E-state index >= 15 is 0 Å². The first-order valence-corrected chi connectivity index (χ1v) is 13.1. The van der Waals surface area contributed by atoms with Crippen molar-refractivity contribution in [1.82, 2.24) is 19.9 Å². The van der Waals surface area contributed by atoms with Crippen molar-refractivity contribution < 1.29 is 52.8 Å². The van der Waals surface area contributed by atoms with Crippen molar-refractivity contribution in [1.29, 1.82) is 0 Å². The van der Waals surface area contributed by atoms with Crippen molar-refractivity contribution in [2.24, 2.45) is 0 Å². The summed E-state index contributed by atoms with van der Waals surface area (Å²) in [7, 11) is 0. The van der Waals surface area contributed by atoms with Crippen LogP contribution < -0.4 is 0 Å². The zero-order valence-electron chi connectivity index (χ0n) is 24.2. The zero-order valence-corrected chi connectivity index (χ0v) is 29.5. The molecule has 3 aromatic carbocycles. The zero-order chi connectivity index (χ0) is 27.8. The van der Waals surface area contributed by atoms with E-state index in [1.165, 1.54) is 0 Å². The summed E-state index contributed by atoms with van der Waals surface area (Å²) in [6.07, 6.45) is 6.69. The van der Waals surface area contributed by atoms with E-state index in [9.17, 15) is 0 Å². The van der Waals surface area contributed by atoms with Crippen LogP contribution in [-0.4, -0.2) is 28.3 Å². The third kappa shape index (κ3) is 9.94. The first-order valence-electron chi connectivity index (χ1n) is 13.1. The van der Waals surface area contributed by atoms with Gasteiger partial charge in [0.1, 0.15) is 0 Å². The second kappa shape index (κ2) is 17.2. The molecular weight excluding hydrogens is 780 g/mol. The predicted octanol–water partition coefficient (Wildman–Crippen LogP) is 7.73. The summed E-state index contributed by atoms with van der Waals surface area (Å²) in [5, 5.41) is 0. The maximum absolute atomic E-state index is 4.57. The first kappa shape index (κ1) is 36.1. The molecule has 3 heterocycles. The van der Waals surface area contributed by atoms with Gasteiger partial charge in [-0.3, -0.25) is 33.2 Å². The SMILES string of the molecule is CC(C)(C)c1ccnc(-c2[c-]cccc2)n1.[B].[Ir].[Y].[c-]1ccc(-c2[c-]nc(-c3ccccc3)cc2)[c-]c1-c1ccccn1. The monoisotopic (exact) mass is 809 g/mol. The maximum atomic E-state index is 4.57. The van der Waals surface area contributed by atoms with Gasteiger partial charge < -0.3 is 16.0 Å². The summed E-state index contributed by atoms with van der Waals surface area (Å²) >= 11 is 0. The Balaban J connectivity index is 0.000000301. The van der Waals surface area contributed by atoms with Crippen molar-refractivity contribution in [2.45, 2.75) is 26.2 Å². The van der Waals surface area contributed by atoms with Gasteiger partial charge >= 0.3 is 0 Å². The second-order valence-electron chi connectivity index (χ2n) is 10.1. The number of nitrogens with zero attached hydrogens (tertiary/aromatic N) is 4. The Kier molecular flexibility index (Phi) is 14.4. The molecule has 6 aromatic rings. The molecule has 0 aliphatic rings. The van der Waals surface area contributed by atoms with E-state index in [2.05, 4.69) is 65.1 Å². The smallest absolute Gasteiger partial charge is 0.0751 e. The number of hydrogen-bond donors (Lipinski definition) is 0. The quantitative estimate of drug-likeness (QED) is 0.135. The van der Waals surface area contributed by atoms with Crippen LogP contribution in [0.4, 0.5) is 0 Å². The van der Waals surface area contributed by atoms with Crippen molar-refractivity contribution in [3.63, 3.8) is 0 Å². The molecule has 0 atom stereocenters. The van der Waals surface area contributed by atoms with Crippen LogP contribution >= 0.6 is 0 Å².